The van der Waals surface area contributed by atoms with Gasteiger partial charge in [0, 0.05) is 24.7 Å². The molecule has 1 aliphatic rings. The molecular formula is C15H20ClNO4. The van der Waals surface area contributed by atoms with Gasteiger partial charge in [0.1, 0.15) is 11.5 Å². The summed E-state index contributed by atoms with van der Waals surface area (Å²) < 4.78 is 5.16. The van der Waals surface area contributed by atoms with Crippen molar-refractivity contribution in [1.82, 2.24) is 4.90 Å². The number of carbonyl (C=O) groups is 1. The van der Waals surface area contributed by atoms with Gasteiger partial charge in [0.25, 0.3) is 0 Å². The molecule has 0 spiro atoms. The summed E-state index contributed by atoms with van der Waals surface area (Å²) in [5, 5.41) is 19.8. The molecule has 21 heavy (non-hydrogen) atoms. The van der Waals surface area contributed by atoms with E-state index in [0.29, 0.717) is 37.6 Å². The molecule has 0 saturated heterocycles. The maximum atomic E-state index is 11.7. The average molecular weight is 314 g/mol. The van der Waals surface area contributed by atoms with Gasteiger partial charge in [0.15, 0.2) is 0 Å². The summed E-state index contributed by atoms with van der Waals surface area (Å²) in [6, 6.07) is 1.24. The van der Waals surface area contributed by atoms with Crippen LogP contribution < -0.4 is 0 Å². The zero-order valence-corrected chi connectivity index (χ0v) is 13.0. The fourth-order valence-electron chi connectivity index (χ4n) is 2.35. The number of phenols is 2. The summed E-state index contributed by atoms with van der Waals surface area (Å²) >= 11 is 6.05. The van der Waals surface area contributed by atoms with Gasteiger partial charge in [-0.05, 0) is 17.9 Å². The van der Waals surface area contributed by atoms with Crippen LogP contribution in [0.5, 0.6) is 11.5 Å². The standard InChI is InChI=1S/C15H20ClNO4/c1-9(2)8-21-14(20)7-17-4-3-10-11(6-17)12(18)5-13(19)15(10)16/h5,9,18-19H,3-4,6-8H2,1-2H3. The molecule has 0 aromatic heterocycles. The van der Waals surface area contributed by atoms with Crippen molar-refractivity contribution >= 4 is 17.6 Å². The summed E-state index contributed by atoms with van der Waals surface area (Å²) in [5.74, 6) is -0.0665. The molecule has 1 aromatic carbocycles. The first-order valence-corrected chi connectivity index (χ1v) is 7.36. The third-order valence-electron chi connectivity index (χ3n) is 3.43. The predicted molar refractivity (Wildman–Crippen MR) is 79.6 cm³/mol. The largest absolute Gasteiger partial charge is 0.507 e. The molecule has 0 amide bonds. The number of fused-ring (bicyclic) bond motifs is 1. The van der Waals surface area contributed by atoms with Crippen LogP contribution in [0.3, 0.4) is 0 Å². The van der Waals surface area contributed by atoms with E-state index in [-0.39, 0.29) is 29.0 Å². The van der Waals surface area contributed by atoms with Gasteiger partial charge in [-0.25, -0.2) is 0 Å². The first-order valence-electron chi connectivity index (χ1n) is 6.98. The summed E-state index contributed by atoms with van der Waals surface area (Å²) in [6.07, 6.45) is 0.577. The topological polar surface area (TPSA) is 70.0 Å². The monoisotopic (exact) mass is 313 g/mol. The maximum Gasteiger partial charge on any atom is 0.320 e. The lowest BCUT2D eigenvalue weighted by Gasteiger charge is -2.29. The van der Waals surface area contributed by atoms with Gasteiger partial charge in [-0.3, -0.25) is 9.69 Å². The highest BCUT2D eigenvalue weighted by Crippen LogP contribution is 2.38. The highest BCUT2D eigenvalue weighted by molar-refractivity contribution is 6.33. The van der Waals surface area contributed by atoms with Crippen LogP contribution in [0.15, 0.2) is 6.07 Å². The molecule has 1 aromatic rings. The average Bonchev–Trinajstić information content (AvgIpc) is 2.43. The van der Waals surface area contributed by atoms with Crippen LogP contribution in [0, 0.1) is 5.92 Å². The number of halogens is 1. The Balaban J connectivity index is 2.03. The third-order valence-corrected chi connectivity index (χ3v) is 3.85. The minimum absolute atomic E-state index is 0.00662. The van der Waals surface area contributed by atoms with E-state index in [1.807, 2.05) is 18.7 Å². The lowest BCUT2D eigenvalue weighted by atomic mass is 9.98. The van der Waals surface area contributed by atoms with Crippen molar-refractivity contribution in [2.24, 2.45) is 5.92 Å². The lowest BCUT2D eigenvalue weighted by molar-refractivity contribution is -0.146. The van der Waals surface area contributed by atoms with Crippen LogP contribution in [0.25, 0.3) is 0 Å². The van der Waals surface area contributed by atoms with Crippen molar-refractivity contribution in [2.45, 2.75) is 26.8 Å². The summed E-state index contributed by atoms with van der Waals surface area (Å²) in [7, 11) is 0. The fraction of sp³-hybridized carbons (Fsp3) is 0.533. The predicted octanol–water partition coefficient (Wildman–Crippen LogP) is 2.31. The molecule has 2 N–H and O–H groups in total. The number of aromatic hydroxyl groups is 2. The molecule has 1 heterocycles. The van der Waals surface area contributed by atoms with Crippen LogP contribution in [0.1, 0.15) is 25.0 Å². The first kappa shape index (κ1) is 15.9. The van der Waals surface area contributed by atoms with Crippen molar-refractivity contribution in [2.75, 3.05) is 19.7 Å². The SMILES string of the molecule is CC(C)COC(=O)CN1CCc2c(Cl)c(O)cc(O)c2C1. The molecule has 0 radical (unpaired) electrons. The van der Waals surface area contributed by atoms with Crippen molar-refractivity contribution in [3.63, 3.8) is 0 Å². The molecule has 0 fully saturated rings. The number of phenolic OH excluding ortho intramolecular Hbond substituents is 2. The zero-order valence-electron chi connectivity index (χ0n) is 12.2. The summed E-state index contributed by atoms with van der Waals surface area (Å²) in [5.41, 5.74) is 1.42. The van der Waals surface area contributed by atoms with E-state index in [0.717, 1.165) is 5.56 Å². The van der Waals surface area contributed by atoms with E-state index in [1.165, 1.54) is 6.07 Å². The van der Waals surface area contributed by atoms with Gasteiger partial charge in [-0.1, -0.05) is 25.4 Å². The zero-order chi connectivity index (χ0) is 15.6. The van der Waals surface area contributed by atoms with E-state index in [2.05, 4.69) is 0 Å². The van der Waals surface area contributed by atoms with E-state index >= 15 is 0 Å². The van der Waals surface area contributed by atoms with Crippen LogP contribution in [0.4, 0.5) is 0 Å². The Hall–Kier alpha value is -1.46. The summed E-state index contributed by atoms with van der Waals surface area (Å²) in [6.45, 7) is 5.61. The van der Waals surface area contributed by atoms with E-state index < -0.39 is 0 Å². The van der Waals surface area contributed by atoms with Crippen LogP contribution in [0.2, 0.25) is 5.02 Å². The highest BCUT2D eigenvalue weighted by atomic mass is 35.5. The Morgan fingerprint density at radius 3 is 2.76 bits per heavy atom. The quantitative estimate of drug-likeness (QED) is 0.835. The number of esters is 1. The van der Waals surface area contributed by atoms with Crippen LogP contribution in [-0.4, -0.2) is 40.8 Å². The van der Waals surface area contributed by atoms with E-state index in [9.17, 15) is 15.0 Å². The van der Waals surface area contributed by atoms with Gasteiger partial charge in [-0.15, -0.1) is 0 Å². The third kappa shape index (κ3) is 3.80. The lowest BCUT2D eigenvalue weighted by Crippen LogP contribution is -2.36. The van der Waals surface area contributed by atoms with Crippen molar-refractivity contribution in [3.8, 4) is 11.5 Å². The van der Waals surface area contributed by atoms with Crippen molar-refractivity contribution < 1.29 is 19.7 Å². The first-order chi connectivity index (χ1) is 9.88. The van der Waals surface area contributed by atoms with Crippen molar-refractivity contribution in [3.05, 3.63) is 22.2 Å². The molecule has 0 atom stereocenters. The fourth-order valence-corrected chi connectivity index (χ4v) is 2.62. The molecule has 6 heteroatoms. The molecule has 1 aliphatic heterocycles. The van der Waals surface area contributed by atoms with Gasteiger partial charge < -0.3 is 14.9 Å². The van der Waals surface area contributed by atoms with Gasteiger partial charge in [0.2, 0.25) is 0 Å². The Labute approximate surface area is 129 Å². The van der Waals surface area contributed by atoms with Gasteiger partial charge in [0.05, 0.1) is 18.2 Å². The van der Waals surface area contributed by atoms with Gasteiger partial charge >= 0.3 is 5.97 Å². The second kappa shape index (κ2) is 6.54. The molecule has 0 aliphatic carbocycles. The summed E-state index contributed by atoms with van der Waals surface area (Å²) in [4.78, 5) is 13.6. The highest BCUT2D eigenvalue weighted by Gasteiger charge is 2.25. The molecule has 5 nitrogen and oxygen atoms in total. The van der Waals surface area contributed by atoms with Crippen LogP contribution >= 0.6 is 11.6 Å². The van der Waals surface area contributed by atoms with Crippen molar-refractivity contribution in [1.29, 1.82) is 0 Å². The minimum Gasteiger partial charge on any atom is -0.507 e. The molecular weight excluding hydrogens is 294 g/mol. The molecule has 0 unspecified atom stereocenters. The number of benzene rings is 1. The number of ether oxygens (including phenoxy) is 1. The van der Waals surface area contributed by atoms with Gasteiger partial charge in [-0.2, -0.15) is 0 Å². The molecule has 2 rings (SSSR count). The van der Waals surface area contributed by atoms with Crippen LogP contribution in [-0.2, 0) is 22.5 Å². The Bertz CT molecular complexity index is 545. The minimum atomic E-state index is -0.267. The van der Waals surface area contributed by atoms with E-state index in [1.54, 1.807) is 0 Å². The van der Waals surface area contributed by atoms with E-state index in [4.69, 9.17) is 16.3 Å². The second-order valence-corrected chi connectivity index (χ2v) is 6.10. The Morgan fingerprint density at radius 2 is 2.10 bits per heavy atom. The number of nitrogens with zero attached hydrogens (tertiary/aromatic N) is 1. The Morgan fingerprint density at radius 1 is 1.38 bits per heavy atom. The number of rotatable bonds is 4. The molecule has 0 bridgehead atoms. The normalized spacial score (nSPS) is 15.0. The number of carbonyl (C=O) groups excluding carboxylic acids is 1. The maximum absolute atomic E-state index is 11.7. The number of hydrogen-bond acceptors (Lipinski definition) is 5. The Kier molecular flexibility index (Phi) is 4.96. The second-order valence-electron chi connectivity index (χ2n) is 5.72. The molecule has 0 saturated carbocycles. The molecule has 116 valence electrons. The smallest absolute Gasteiger partial charge is 0.320 e. The number of hydrogen-bond donors (Lipinski definition) is 2.